The lowest BCUT2D eigenvalue weighted by Gasteiger charge is -2.36. The molecule has 4 rings (SSSR count). The molecule has 30 heavy (non-hydrogen) atoms. The minimum Gasteiger partial charge on any atom is -0.477 e. The molecule has 0 bridgehead atoms. The molecule has 3 aromatic heterocycles. The number of piperidine rings is 1. The second-order valence-corrected chi connectivity index (χ2v) is 8.91. The largest absolute Gasteiger partial charge is 0.477 e. The Morgan fingerprint density at radius 2 is 1.93 bits per heavy atom. The number of fused-ring (bicyclic) bond motifs is 1. The van der Waals surface area contributed by atoms with Crippen LogP contribution < -0.4 is 4.74 Å². The number of aromatic nitrogens is 4. The van der Waals surface area contributed by atoms with Crippen molar-refractivity contribution in [1.29, 1.82) is 0 Å². The summed E-state index contributed by atoms with van der Waals surface area (Å²) in [6, 6.07) is 6.49. The first-order valence-corrected chi connectivity index (χ1v) is 10.7. The van der Waals surface area contributed by atoms with Gasteiger partial charge in [0.2, 0.25) is 5.88 Å². The van der Waals surface area contributed by atoms with Crippen LogP contribution in [0, 0.1) is 26.7 Å². The second kappa shape index (κ2) is 10.7. The average Bonchev–Trinajstić information content (AvgIpc) is 3.04. The first kappa shape index (κ1) is 24.8. The Morgan fingerprint density at radius 3 is 2.70 bits per heavy atom. The standard InChI is InChI=1S/C21H27N5OS.2H2S/c1-13-10-20(23-15(3)22-13)27-12-17-6-5-9-26(11-17)14(2)18-7-8-19-21(25-18)24-16(4)28-19;;/h7-8,10,14,17H,5-6,9,11-12H2,1-4H3;2*1H2/t14-,17-;;/m0../s1. The van der Waals surface area contributed by atoms with E-state index >= 15 is 0 Å². The number of pyridine rings is 1. The average molecular weight is 466 g/mol. The van der Waals surface area contributed by atoms with Crippen LogP contribution in [-0.2, 0) is 0 Å². The predicted molar refractivity (Wildman–Crippen MR) is 133 cm³/mol. The molecule has 9 heteroatoms. The Labute approximate surface area is 196 Å². The maximum absolute atomic E-state index is 6.00. The fourth-order valence-electron chi connectivity index (χ4n) is 3.91. The number of nitrogens with zero attached hydrogens (tertiary/aromatic N) is 5. The lowest BCUT2D eigenvalue weighted by atomic mass is 9.97. The molecular formula is C21H31N5OS3. The van der Waals surface area contributed by atoms with Crippen molar-refractivity contribution >= 4 is 48.7 Å². The molecule has 0 radical (unpaired) electrons. The van der Waals surface area contributed by atoms with E-state index in [2.05, 4.69) is 38.9 Å². The number of aryl methyl sites for hydroxylation is 3. The number of likely N-dealkylation sites (tertiary alicyclic amines) is 1. The third-order valence-electron chi connectivity index (χ3n) is 5.32. The van der Waals surface area contributed by atoms with Crippen LogP contribution in [0.2, 0.25) is 0 Å². The van der Waals surface area contributed by atoms with E-state index in [-0.39, 0.29) is 33.0 Å². The van der Waals surface area contributed by atoms with E-state index in [1.165, 1.54) is 12.8 Å². The molecule has 0 amide bonds. The van der Waals surface area contributed by atoms with Crippen LogP contribution in [0.15, 0.2) is 18.2 Å². The number of rotatable bonds is 5. The third kappa shape index (κ3) is 5.84. The van der Waals surface area contributed by atoms with E-state index in [0.29, 0.717) is 18.4 Å². The molecule has 0 aliphatic carbocycles. The lowest BCUT2D eigenvalue weighted by molar-refractivity contribution is 0.0978. The van der Waals surface area contributed by atoms with E-state index in [4.69, 9.17) is 9.72 Å². The van der Waals surface area contributed by atoms with E-state index in [1.807, 2.05) is 26.8 Å². The van der Waals surface area contributed by atoms with Crippen LogP contribution >= 0.6 is 38.3 Å². The highest BCUT2D eigenvalue weighted by Crippen LogP contribution is 2.28. The third-order valence-corrected chi connectivity index (χ3v) is 6.24. The van der Waals surface area contributed by atoms with Gasteiger partial charge in [-0.1, -0.05) is 0 Å². The van der Waals surface area contributed by atoms with E-state index in [1.54, 1.807) is 11.3 Å². The molecule has 0 unspecified atom stereocenters. The molecule has 1 aliphatic rings. The Kier molecular flexibility index (Phi) is 8.90. The zero-order valence-electron chi connectivity index (χ0n) is 18.0. The van der Waals surface area contributed by atoms with E-state index < -0.39 is 0 Å². The molecule has 0 aromatic carbocycles. The first-order chi connectivity index (χ1) is 13.5. The van der Waals surface area contributed by atoms with Crippen molar-refractivity contribution in [1.82, 2.24) is 24.8 Å². The van der Waals surface area contributed by atoms with Crippen LogP contribution in [0.4, 0.5) is 0 Å². The molecule has 0 spiro atoms. The highest BCUT2D eigenvalue weighted by molar-refractivity contribution is 7.59. The summed E-state index contributed by atoms with van der Waals surface area (Å²) in [5.74, 6) is 1.94. The van der Waals surface area contributed by atoms with Gasteiger partial charge >= 0.3 is 0 Å². The normalized spacial score (nSPS) is 17.8. The highest BCUT2D eigenvalue weighted by Gasteiger charge is 2.26. The maximum Gasteiger partial charge on any atom is 0.216 e. The molecule has 2 atom stereocenters. The van der Waals surface area contributed by atoms with Gasteiger partial charge in [0.25, 0.3) is 0 Å². The monoisotopic (exact) mass is 465 g/mol. The van der Waals surface area contributed by atoms with Gasteiger partial charge in [0, 0.05) is 30.3 Å². The van der Waals surface area contributed by atoms with Crippen LogP contribution in [0.1, 0.15) is 48.0 Å². The first-order valence-electron chi connectivity index (χ1n) is 9.91. The zero-order valence-corrected chi connectivity index (χ0v) is 20.8. The van der Waals surface area contributed by atoms with E-state index in [0.717, 1.165) is 45.7 Å². The van der Waals surface area contributed by atoms with Crippen LogP contribution in [0.5, 0.6) is 5.88 Å². The van der Waals surface area contributed by atoms with Gasteiger partial charge in [0.15, 0.2) is 5.65 Å². The molecular weight excluding hydrogens is 434 g/mol. The van der Waals surface area contributed by atoms with Crippen molar-refractivity contribution in [3.05, 3.63) is 40.4 Å². The smallest absolute Gasteiger partial charge is 0.216 e. The van der Waals surface area contributed by atoms with Gasteiger partial charge in [-0.3, -0.25) is 4.90 Å². The summed E-state index contributed by atoms with van der Waals surface area (Å²) < 4.78 is 7.16. The van der Waals surface area contributed by atoms with Gasteiger partial charge in [-0.25, -0.2) is 15.0 Å². The highest BCUT2D eigenvalue weighted by atomic mass is 32.1. The summed E-state index contributed by atoms with van der Waals surface area (Å²) in [5.41, 5.74) is 2.92. The SMILES string of the molecule is Cc1cc(OC[C@H]2CCCN([C@@H](C)c3ccc4sc(C)nc4n3)C2)nc(C)n1.S.S. The van der Waals surface area contributed by atoms with Gasteiger partial charge in [-0.05, 0) is 59.2 Å². The zero-order chi connectivity index (χ0) is 19.7. The fourth-order valence-corrected chi connectivity index (χ4v) is 4.68. The van der Waals surface area contributed by atoms with Crippen molar-refractivity contribution in [2.24, 2.45) is 5.92 Å². The van der Waals surface area contributed by atoms with Crippen molar-refractivity contribution in [2.45, 2.75) is 46.6 Å². The minimum absolute atomic E-state index is 0. The predicted octanol–water partition coefficient (Wildman–Crippen LogP) is 4.48. The van der Waals surface area contributed by atoms with Crippen molar-refractivity contribution in [3.63, 3.8) is 0 Å². The number of hydrogen-bond acceptors (Lipinski definition) is 7. The molecule has 0 saturated carbocycles. The molecule has 0 N–H and O–H groups in total. The summed E-state index contributed by atoms with van der Waals surface area (Å²) >= 11 is 1.70. The number of thiazole rings is 1. The summed E-state index contributed by atoms with van der Waals surface area (Å²) in [6.07, 6.45) is 2.36. The van der Waals surface area contributed by atoms with Gasteiger partial charge in [0.1, 0.15) is 5.82 Å². The lowest BCUT2D eigenvalue weighted by Crippen LogP contribution is -2.39. The Bertz CT molecular complexity index is 960. The van der Waals surface area contributed by atoms with Crippen molar-refractivity contribution in [3.8, 4) is 5.88 Å². The van der Waals surface area contributed by atoms with Crippen molar-refractivity contribution < 1.29 is 4.74 Å². The quantitative estimate of drug-likeness (QED) is 0.553. The van der Waals surface area contributed by atoms with Crippen LogP contribution in [0.25, 0.3) is 10.3 Å². The van der Waals surface area contributed by atoms with Crippen LogP contribution in [-0.4, -0.2) is 44.5 Å². The number of hydrogen-bond donors (Lipinski definition) is 0. The topological polar surface area (TPSA) is 64.0 Å². The van der Waals surface area contributed by atoms with Crippen molar-refractivity contribution in [2.75, 3.05) is 19.7 Å². The molecule has 4 heterocycles. The van der Waals surface area contributed by atoms with Gasteiger partial charge in [-0.15, -0.1) is 11.3 Å². The Morgan fingerprint density at radius 1 is 1.13 bits per heavy atom. The van der Waals surface area contributed by atoms with Gasteiger partial charge in [0.05, 0.1) is 22.0 Å². The Balaban J connectivity index is 0.00000160. The molecule has 3 aromatic rings. The molecule has 1 saturated heterocycles. The van der Waals surface area contributed by atoms with Gasteiger partial charge in [-0.2, -0.15) is 32.0 Å². The summed E-state index contributed by atoms with van der Waals surface area (Å²) in [4.78, 5) is 20.6. The summed E-state index contributed by atoms with van der Waals surface area (Å²) in [7, 11) is 0. The van der Waals surface area contributed by atoms with Crippen LogP contribution in [0.3, 0.4) is 0 Å². The molecule has 164 valence electrons. The maximum atomic E-state index is 6.00. The fraction of sp³-hybridized carbons (Fsp3) is 0.524. The number of ether oxygens (including phenoxy) is 1. The second-order valence-electron chi connectivity index (χ2n) is 7.68. The van der Waals surface area contributed by atoms with E-state index in [9.17, 15) is 0 Å². The summed E-state index contributed by atoms with van der Waals surface area (Å²) in [5, 5.41) is 1.07. The van der Waals surface area contributed by atoms with Gasteiger partial charge < -0.3 is 4.74 Å². The Hall–Kier alpha value is -1.42. The minimum atomic E-state index is 0. The molecule has 1 aliphatic heterocycles. The molecule has 1 fully saturated rings. The molecule has 6 nitrogen and oxygen atoms in total. The summed E-state index contributed by atoms with van der Waals surface area (Å²) in [6.45, 7) is 11.0.